The van der Waals surface area contributed by atoms with Crippen molar-refractivity contribution >= 4 is 28.1 Å². The van der Waals surface area contributed by atoms with E-state index in [2.05, 4.69) is 4.98 Å². The molecule has 6 rings (SSSR count). The van der Waals surface area contributed by atoms with E-state index in [-0.39, 0.29) is 12.4 Å². The van der Waals surface area contributed by atoms with Crippen LogP contribution in [0.25, 0.3) is 27.8 Å². The van der Waals surface area contributed by atoms with E-state index in [9.17, 15) is 4.79 Å². The number of aryl methyl sites for hydroxylation is 1. The van der Waals surface area contributed by atoms with E-state index in [0.29, 0.717) is 17.0 Å². The number of ether oxygens (including phenoxy) is 2. The van der Waals surface area contributed by atoms with Gasteiger partial charge in [0.05, 0.1) is 11.1 Å². The van der Waals surface area contributed by atoms with Gasteiger partial charge in [0.15, 0.2) is 11.5 Å². The second-order valence-electron chi connectivity index (χ2n) is 7.86. The van der Waals surface area contributed by atoms with Crippen LogP contribution in [0.2, 0.25) is 0 Å². The van der Waals surface area contributed by atoms with Crippen molar-refractivity contribution in [3.8, 4) is 22.8 Å². The second kappa shape index (κ2) is 6.88. The van der Waals surface area contributed by atoms with Crippen LogP contribution in [-0.2, 0) is 0 Å². The number of nitrogens with zero attached hydrogens (tertiary/aromatic N) is 3. The molecule has 1 aliphatic rings. The second-order valence-corrected chi connectivity index (χ2v) is 7.86. The highest BCUT2D eigenvalue weighted by Gasteiger charge is 2.23. The van der Waals surface area contributed by atoms with Crippen LogP contribution in [0.1, 0.15) is 5.56 Å². The first kappa shape index (κ1) is 18.5. The fourth-order valence-corrected chi connectivity index (χ4v) is 4.26. The van der Waals surface area contributed by atoms with Crippen molar-refractivity contribution < 1.29 is 9.47 Å². The van der Waals surface area contributed by atoms with Gasteiger partial charge in [0.1, 0.15) is 17.2 Å². The third-order valence-electron chi connectivity index (χ3n) is 5.91. The van der Waals surface area contributed by atoms with Crippen molar-refractivity contribution in [3.63, 3.8) is 0 Å². The number of aromatic nitrogens is 3. The molecule has 0 saturated heterocycles. The fraction of sp³-hybridized carbons (Fsp3) is 0.120. The minimum Gasteiger partial charge on any atom is -0.454 e. The average molecular weight is 424 g/mol. The summed E-state index contributed by atoms with van der Waals surface area (Å²) in [6, 6.07) is 19.5. The number of fused-ring (bicyclic) bond motifs is 3. The maximum absolute atomic E-state index is 13.2. The summed E-state index contributed by atoms with van der Waals surface area (Å²) < 4.78 is 13.0. The van der Waals surface area contributed by atoms with Gasteiger partial charge in [-0.3, -0.25) is 9.20 Å². The molecule has 0 amide bonds. The van der Waals surface area contributed by atoms with Crippen LogP contribution in [0.3, 0.4) is 0 Å². The molecular formula is C25H20N4O3. The fourth-order valence-electron chi connectivity index (χ4n) is 4.26. The molecule has 0 saturated carbocycles. The maximum atomic E-state index is 13.2. The molecule has 2 aromatic carbocycles. The van der Waals surface area contributed by atoms with Gasteiger partial charge in [-0.25, -0.2) is 4.98 Å². The van der Waals surface area contributed by atoms with Crippen molar-refractivity contribution in [1.82, 2.24) is 14.4 Å². The Morgan fingerprint density at radius 3 is 2.81 bits per heavy atom. The third kappa shape index (κ3) is 2.75. The highest BCUT2D eigenvalue weighted by atomic mass is 16.7. The van der Waals surface area contributed by atoms with Gasteiger partial charge >= 0.3 is 0 Å². The van der Waals surface area contributed by atoms with E-state index >= 15 is 0 Å². The molecule has 4 heterocycles. The van der Waals surface area contributed by atoms with Gasteiger partial charge < -0.3 is 19.4 Å². The molecule has 0 spiro atoms. The van der Waals surface area contributed by atoms with Crippen LogP contribution in [0.15, 0.2) is 71.7 Å². The Balaban J connectivity index is 1.59. The van der Waals surface area contributed by atoms with Crippen molar-refractivity contribution in [3.05, 3.63) is 82.8 Å². The molecule has 7 nitrogen and oxygen atoms in total. The molecule has 1 N–H and O–H groups in total. The number of nitrogens with one attached hydrogen (secondary N) is 1. The molecule has 0 fully saturated rings. The Morgan fingerprint density at radius 2 is 1.91 bits per heavy atom. The summed E-state index contributed by atoms with van der Waals surface area (Å²) in [5, 5.41) is 0.966. The SMILES string of the molecule is Cc1cccc2cc(-c3nc4ccccn4c3N(C)c3ccc4c(c3)OCO4)c(=O)[nH]c12. The van der Waals surface area contributed by atoms with E-state index < -0.39 is 0 Å². The maximum Gasteiger partial charge on any atom is 0.258 e. The summed E-state index contributed by atoms with van der Waals surface area (Å²) in [4.78, 5) is 23.1. The summed E-state index contributed by atoms with van der Waals surface area (Å²) in [6.07, 6.45) is 1.95. The van der Waals surface area contributed by atoms with Gasteiger partial charge in [-0.1, -0.05) is 24.3 Å². The lowest BCUT2D eigenvalue weighted by molar-refractivity contribution is 0.174. The molecule has 32 heavy (non-hydrogen) atoms. The van der Waals surface area contributed by atoms with Crippen molar-refractivity contribution in [1.29, 1.82) is 0 Å². The van der Waals surface area contributed by atoms with Crippen molar-refractivity contribution in [2.45, 2.75) is 6.92 Å². The molecule has 7 heteroatoms. The third-order valence-corrected chi connectivity index (χ3v) is 5.91. The minimum absolute atomic E-state index is 0.171. The van der Waals surface area contributed by atoms with Crippen LogP contribution in [0.4, 0.5) is 11.5 Å². The van der Waals surface area contributed by atoms with E-state index in [1.807, 2.05) is 90.1 Å². The Kier molecular flexibility index (Phi) is 3.98. The number of hydrogen-bond acceptors (Lipinski definition) is 5. The average Bonchev–Trinajstić information content (AvgIpc) is 3.43. The summed E-state index contributed by atoms with van der Waals surface area (Å²) in [6.45, 7) is 2.21. The van der Waals surface area contributed by atoms with Gasteiger partial charge in [-0.05, 0) is 48.2 Å². The molecule has 0 atom stereocenters. The summed E-state index contributed by atoms with van der Waals surface area (Å²) in [5.41, 5.74) is 4.49. The number of rotatable bonds is 3. The Labute approximate surface area is 183 Å². The number of imidazole rings is 1. The zero-order valence-corrected chi connectivity index (χ0v) is 17.6. The smallest absolute Gasteiger partial charge is 0.258 e. The molecule has 0 aliphatic carbocycles. The van der Waals surface area contributed by atoms with Crippen LogP contribution in [0.5, 0.6) is 11.5 Å². The number of pyridine rings is 2. The lowest BCUT2D eigenvalue weighted by Gasteiger charge is -2.21. The van der Waals surface area contributed by atoms with Crippen molar-refractivity contribution in [2.75, 3.05) is 18.7 Å². The Morgan fingerprint density at radius 1 is 1.03 bits per heavy atom. The monoisotopic (exact) mass is 424 g/mol. The summed E-state index contributed by atoms with van der Waals surface area (Å²) >= 11 is 0. The zero-order valence-electron chi connectivity index (χ0n) is 17.6. The summed E-state index contributed by atoms with van der Waals surface area (Å²) in [5.74, 6) is 2.21. The minimum atomic E-state index is -0.171. The molecule has 158 valence electrons. The first-order chi connectivity index (χ1) is 15.6. The van der Waals surface area contributed by atoms with Crippen molar-refractivity contribution in [2.24, 2.45) is 0 Å². The topological polar surface area (TPSA) is 71.9 Å². The van der Waals surface area contributed by atoms with Gasteiger partial charge in [0.2, 0.25) is 6.79 Å². The molecule has 3 aromatic heterocycles. The highest BCUT2D eigenvalue weighted by molar-refractivity contribution is 5.88. The van der Waals surface area contributed by atoms with Gasteiger partial charge in [0.25, 0.3) is 5.56 Å². The van der Waals surface area contributed by atoms with E-state index in [1.165, 1.54) is 0 Å². The largest absolute Gasteiger partial charge is 0.454 e. The molecule has 1 aliphatic heterocycles. The van der Waals surface area contributed by atoms with E-state index in [4.69, 9.17) is 14.5 Å². The number of para-hydroxylation sites is 1. The lowest BCUT2D eigenvalue weighted by atomic mass is 10.1. The molecule has 5 aromatic rings. The number of aromatic amines is 1. The van der Waals surface area contributed by atoms with E-state index in [1.54, 1.807) is 0 Å². The number of anilines is 2. The molecule has 0 bridgehead atoms. The van der Waals surface area contributed by atoms with Gasteiger partial charge in [-0.15, -0.1) is 0 Å². The zero-order chi connectivity index (χ0) is 21.8. The quantitative estimate of drug-likeness (QED) is 0.457. The molecular weight excluding hydrogens is 404 g/mol. The number of benzene rings is 2. The standard InChI is InChI=1S/C25H20N4O3/c1-15-6-5-7-16-12-18(24(30)27-22(15)16)23-25(29-11-4-3-8-21(29)26-23)28(2)17-9-10-19-20(13-17)32-14-31-19/h3-13H,14H2,1-2H3,(H,27,30). The van der Waals surface area contributed by atoms with Crippen LogP contribution in [-0.4, -0.2) is 28.2 Å². The van der Waals surface area contributed by atoms with E-state index in [0.717, 1.165) is 39.4 Å². The predicted molar refractivity (Wildman–Crippen MR) is 124 cm³/mol. The van der Waals surface area contributed by atoms with Crippen LogP contribution >= 0.6 is 0 Å². The van der Waals surface area contributed by atoms with Crippen LogP contribution < -0.4 is 19.9 Å². The first-order valence-corrected chi connectivity index (χ1v) is 10.3. The van der Waals surface area contributed by atoms with Gasteiger partial charge in [0, 0.05) is 25.0 Å². The predicted octanol–water partition coefficient (Wildman–Crippen LogP) is 4.65. The molecule has 0 unspecified atom stereocenters. The molecule has 0 radical (unpaired) electrons. The normalized spacial score (nSPS) is 12.6. The first-order valence-electron chi connectivity index (χ1n) is 10.3. The number of hydrogen-bond donors (Lipinski definition) is 1. The summed E-state index contributed by atoms with van der Waals surface area (Å²) in [7, 11) is 1.96. The van der Waals surface area contributed by atoms with Crippen LogP contribution in [0, 0.1) is 6.92 Å². The Hall–Kier alpha value is -4.26. The van der Waals surface area contributed by atoms with Gasteiger partial charge in [-0.2, -0.15) is 0 Å². The lowest BCUT2D eigenvalue weighted by Crippen LogP contribution is -2.15. The Bertz CT molecular complexity index is 1570. The number of H-pyrrole nitrogens is 1. The highest BCUT2D eigenvalue weighted by Crippen LogP contribution is 2.39.